The number of hydrogen-bond donors (Lipinski definition) is 1. The van der Waals surface area contributed by atoms with Crippen molar-refractivity contribution in [2.24, 2.45) is 0 Å². The Labute approximate surface area is 148 Å². The van der Waals surface area contributed by atoms with Crippen LogP contribution in [-0.2, 0) is 0 Å². The molecule has 122 valence electrons. The number of pyridine rings is 1. The molecule has 0 saturated carbocycles. The largest absolute Gasteiger partial charge is 0.325 e. The Hall–Kier alpha value is -3.18. The molecule has 5 nitrogen and oxygen atoms in total. The van der Waals surface area contributed by atoms with Crippen LogP contribution in [0.2, 0.25) is 5.15 Å². The van der Waals surface area contributed by atoms with Crippen molar-refractivity contribution in [3.8, 4) is 5.69 Å². The van der Waals surface area contributed by atoms with Crippen molar-refractivity contribution in [3.05, 3.63) is 88.4 Å². The monoisotopic (exact) mass is 348 g/mol. The Morgan fingerprint density at radius 1 is 0.960 bits per heavy atom. The fraction of sp³-hybridized carbons (Fsp3) is 0. The molecule has 0 bridgehead atoms. The Morgan fingerprint density at radius 2 is 1.64 bits per heavy atom. The number of fused-ring (bicyclic) bond motifs is 1. The highest BCUT2D eigenvalue weighted by atomic mass is 35.5. The average molecular weight is 349 g/mol. The number of nitrogens with one attached hydrogen (secondary N) is 1. The van der Waals surface area contributed by atoms with Crippen LogP contribution in [0.4, 0.5) is 11.6 Å². The van der Waals surface area contributed by atoms with Gasteiger partial charge >= 0.3 is 0 Å². The standard InChI is InChI=1S/C19H13ClN4O/c20-17-11-15-16(12-21-17)23-19(22-13-7-3-1-4-8-13)24(18(15)25)14-9-5-2-6-10-14/h1-12H,(H,22,23). The summed E-state index contributed by atoms with van der Waals surface area (Å²) in [5.74, 6) is 0.416. The zero-order valence-corrected chi connectivity index (χ0v) is 13.8. The summed E-state index contributed by atoms with van der Waals surface area (Å²) in [6, 6.07) is 20.5. The van der Waals surface area contributed by atoms with Gasteiger partial charge in [0.05, 0.1) is 22.8 Å². The summed E-state index contributed by atoms with van der Waals surface area (Å²) in [5.41, 5.74) is 1.83. The number of halogens is 1. The van der Waals surface area contributed by atoms with Gasteiger partial charge in [-0.15, -0.1) is 0 Å². The van der Waals surface area contributed by atoms with Gasteiger partial charge in [-0.2, -0.15) is 0 Å². The number of aromatic nitrogens is 3. The molecule has 0 amide bonds. The van der Waals surface area contributed by atoms with Crippen LogP contribution in [0.15, 0.2) is 77.7 Å². The zero-order valence-electron chi connectivity index (χ0n) is 13.1. The second kappa shape index (κ2) is 6.37. The first-order valence-electron chi connectivity index (χ1n) is 7.68. The maximum atomic E-state index is 13.1. The van der Waals surface area contributed by atoms with Gasteiger partial charge in [-0.1, -0.05) is 48.0 Å². The lowest BCUT2D eigenvalue weighted by Crippen LogP contribution is -2.22. The third-order valence-corrected chi connectivity index (χ3v) is 3.97. The molecule has 0 unspecified atom stereocenters. The second-order valence-corrected chi connectivity index (χ2v) is 5.81. The maximum absolute atomic E-state index is 13.1. The second-order valence-electron chi connectivity index (χ2n) is 5.43. The summed E-state index contributed by atoms with van der Waals surface area (Å²) in [4.78, 5) is 21.7. The van der Waals surface area contributed by atoms with E-state index >= 15 is 0 Å². The van der Waals surface area contributed by atoms with Crippen LogP contribution in [0.5, 0.6) is 0 Å². The SMILES string of the molecule is O=c1c2cc(Cl)ncc2nc(Nc2ccccc2)n1-c1ccccc1. The molecule has 0 atom stereocenters. The van der Waals surface area contributed by atoms with E-state index < -0.39 is 0 Å². The first-order chi connectivity index (χ1) is 12.2. The van der Waals surface area contributed by atoms with Crippen LogP contribution in [0, 0.1) is 0 Å². The van der Waals surface area contributed by atoms with E-state index in [4.69, 9.17) is 11.6 Å². The predicted octanol–water partition coefficient (Wildman–Crippen LogP) is 4.18. The van der Waals surface area contributed by atoms with Crippen molar-refractivity contribution in [2.75, 3.05) is 5.32 Å². The topological polar surface area (TPSA) is 59.8 Å². The minimum Gasteiger partial charge on any atom is -0.325 e. The van der Waals surface area contributed by atoms with E-state index in [0.29, 0.717) is 22.5 Å². The smallest absolute Gasteiger partial charge is 0.267 e. The van der Waals surface area contributed by atoms with Gasteiger partial charge < -0.3 is 5.32 Å². The van der Waals surface area contributed by atoms with Gasteiger partial charge in [0.15, 0.2) is 0 Å². The third-order valence-electron chi connectivity index (χ3n) is 3.77. The number of anilines is 2. The van der Waals surface area contributed by atoms with Crippen LogP contribution in [0.25, 0.3) is 16.6 Å². The van der Waals surface area contributed by atoms with Gasteiger partial charge in [0.2, 0.25) is 5.95 Å². The molecule has 2 aromatic carbocycles. The number of nitrogens with zero attached hydrogens (tertiary/aromatic N) is 3. The van der Waals surface area contributed by atoms with Crippen LogP contribution >= 0.6 is 11.6 Å². The van der Waals surface area contributed by atoms with Gasteiger partial charge in [0, 0.05) is 5.69 Å². The minimum absolute atomic E-state index is 0.209. The maximum Gasteiger partial charge on any atom is 0.267 e. The first-order valence-corrected chi connectivity index (χ1v) is 8.06. The summed E-state index contributed by atoms with van der Waals surface area (Å²) in [7, 11) is 0. The molecule has 0 aliphatic heterocycles. The van der Waals surface area contributed by atoms with Crippen molar-refractivity contribution in [2.45, 2.75) is 0 Å². The fourth-order valence-corrected chi connectivity index (χ4v) is 2.77. The van der Waals surface area contributed by atoms with Crippen LogP contribution in [-0.4, -0.2) is 14.5 Å². The van der Waals surface area contributed by atoms with Crippen LogP contribution < -0.4 is 10.9 Å². The number of para-hydroxylation sites is 2. The van der Waals surface area contributed by atoms with Crippen molar-refractivity contribution >= 4 is 34.1 Å². The van der Waals surface area contributed by atoms with Crippen LogP contribution in [0.3, 0.4) is 0 Å². The quantitative estimate of drug-likeness (QED) is 0.564. The highest BCUT2D eigenvalue weighted by Crippen LogP contribution is 2.20. The summed E-state index contributed by atoms with van der Waals surface area (Å²) in [5, 5.41) is 3.89. The molecule has 2 aromatic heterocycles. The van der Waals surface area contributed by atoms with E-state index in [9.17, 15) is 4.79 Å². The number of hydrogen-bond acceptors (Lipinski definition) is 4. The normalized spacial score (nSPS) is 10.8. The lowest BCUT2D eigenvalue weighted by atomic mass is 10.2. The molecule has 6 heteroatoms. The number of rotatable bonds is 3. The highest BCUT2D eigenvalue weighted by Gasteiger charge is 2.13. The molecule has 0 spiro atoms. The summed E-state index contributed by atoms with van der Waals surface area (Å²) in [6.45, 7) is 0. The van der Waals surface area contributed by atoms with Gasteiger partial charge in [0.1, 0.15) is 5.15 Å². The molecule has 0 aliphatic rings. The predicted molar refractivity (Wildman–Crippen MR) is 99.9 cm³/mol. The van der Waals surface area contributed by atoms with Gasteiger partial charge in [-0.3, -0.25) is 4.79 Å². The summed E-state index contributed by atoms with van der Waals surface area (Å²) < 4.78 is 1.53. The highest BCUT2D eigenvalue weighted by molar-refractivity contribution is 6.30. The first kappa shape index (κ1) is 15.4. The zero-order chi connectivity index (χ0) is 17.2. The van der Waals surface area contributed by atoms with E-state index in [2.05, 4.69) is 15.3 Å². The van der Waals surface area contributed by atoms with Crippen LogP contribution in [0.1, 0.15) is 0 Å². The molecule has 1 N–H and O–H groups in total. The summed E-state index contributed by atoms with van der Waals surface area (Å²) in [6.07, 6.45) is 1.50. The molecule has 0 saturated heterocycles. The Morgan fingerprint density at radius 3 is 2.36 bits per heavy atom. The Kier molecular flexibility index (Phi) is 3.91. The van der Waals surface area contributed by atoms with E-state index in [-0.39, 0.29) is 10.7 Å². The Balaban J connectivity index is 1.99. The molecule has 0 radical (unpaired) electrons. The van der Waals surface area contributed by atoms with Crippen molar-refractivity contribution in [1.82, 2.24) is 14.5 Å². The van der Waals surface area contributed by atoms with E-state index in [1.54, 1.807) is 0 Å². The van der Waals surface area contributed by atoms with Gasteiger partial charge in [-0.05, 0) is 30.3 Å². The van der Waals surface area contributed by atoms with Crippen molar-refractivity contribution in [3.63, 3.8) is 0 Å². The van der Waals surface area contributed by atoms with E-state index in [0.717, 1.165) is 5.69 Å². The Bertz CT molecular complexity index is 1090. The lowest BCUT2D eigenvalue weighted by Gasteiger charge is -2.15. The lowest BCUT2D eigenvalue weighted by molar-refractivity contribution is 0.972. The van der Waals surface area contributed by atoms with Crippen molar-refractivity contribution < 1.29 is 0 Å². The van der Waals surface area contributed by atoms with Gasteiger partial charge in [-0.25, -0.2) is 14.5 Å². The molecular formula is C19H13ClN4O. The van der Waals surface area contributed by atoms with E-state index in [1.165, 1.54) is 16.8 Å². The molecule has 0 fully saturated rings. The molecule has 4 rings (SSSR count). The molecule has 4 aromatic rings. The van der Waals surface area contributed by atoms with Crippen molar-refractivity contribution in [1.29, 1.82) is 0 Å². The number of benzene rings is 2. The van der Waals surface area contributed by atoms with Gasteiger partial charge in [0.25, 0.3) is 5.56 Å². The molecular weight excluding hydrogens is 336 g/mol. The van der Waals surface area contributed by atoms with E-state index in [1.807, 2.05) is 60.7 Å². The fourth-order valence-electron chi connectivity index (χ4n) is 2.61. The molecule has 0 aliphatic carbocycles. The summed E-state index contributed by atoms with van der Waals surface area (Å²) >= 11 is 5.96. The molecule has 2 heterocycles. The third kappa shape index (κ3) is 2.97. The molecule has 25 heavy (non-hydrogen) atoms. The minimum atomic E-state index is -0.209. The average Bonchev–Trinajstić information content (AvgIpc) is 2.64.